The van der Waals surface area contributed by atoms with Crippen molar-refractivity contribution in [2.45, 2.75) is 31.0 Å². The zero-order valence-electron chi connectivity index (χ0n) is 11.4. The van der Waals surface area contributed by atoms with E-state index in [0.29, 0.717) is 0 Å². The van der Waals surface area contributed by atoms with Crippen molar-refractivity contribution in [2.24, 2.45) is 0 Å². The number of aromatic nitrogens is 2. The first-order valence-electron chi connectivity index (χ1n) is 6.51. The van der Waals surface area contributed by atoms with E-state index in [1.807, 2.05) is 0 Å². The van der Waals surface area contributed by atoms with Crippen LogP contribution in [0.2, 0.25) is 0 Å². The van der Waals surface area contributed by atoms with Crippen LogP contribution in [0.3, 0.4) is 0 Å². The highest BCUT2D eigenvalue weighted by Gasteiger charge is 2.39. The summed E-state index contributed by atoms with van der Waals surface area (Å²) in [5.41, 5.74) is 1.49. The summed E-state index contributed by atoms with van der Waals surface area (Å²) in [6, 6.07) is 6.28. The van der Waals surface area contributed by atoms with Gasteiger partial charge in [-0.15, -0.1) is 0 Å². The lowest BCUT2D eigenvalue weighted by Gasteiger charge is -2.26. The zero-order chi connectivity index (χ0) is 14.3. The molecule has 4 nitrogen and oxygen atoms in total. The molecule has 106 valence electrons. The predicted octanol–water partition coefficient (Wildman–Crippen LogP) is 2.51. The Bertz CT molecular complexity index is 637. The maximum absolute atomic E-state index is 13.1. The molecule has 1 aromatic heterocycles. The lowest BCUT2D eigenvalue weighted by Crippen LogP contribution is -2.57. The Balaban J connectivity index is 2.17. The van der Waals surface area contributed by atoms with Crippen molar-refractivity contribution in [3.05, 3.63) is 35.9 Å². The van der Waals surface area contributed by atoms with E-state index in [9.17, 15) is 8.94 Å². The van der Waals surface area contributed by atoms with Gasteiger partial charge in [0.25, 0.3) is 5.82 Å². The van der Waals surface area contributed by atoms with Crippen LogP contribution in [0.1, 0.15) is 19.7 Å². The average molecular weight is 294 g/mol. The quantitative estimate of drug-likeness (QED) is 0.589. The van der Waals surface area contributed by atoms with Gasteiger partial charge < -0.3 is 4.55 Å². The second kappa shape index (κ2) is 4.87. The van der Waals surface area contributed by atoms with E-state index in [-0.39, 0.29) is 11.4 Å². The molecule has 1 aliphatic rings. The predicted molar refractivity (Wildman–Crippen MR) is 75.9 cm³/mol. The fraction of sp³-hybridized carbons (Fsp3) is 0.357. The largest absolute Gasteiger partial charge is 0.323 e. The van der Waals surface area contributed by atoms with Crippen LogP contribution in [0, 0.1) is 5.82 Å². The number of imidazole rings is 1. The van der Waals surface area contributed by atoms with Gasteiger partial charge in [-0.25, -0.2) is 13.9 Å². The molecule has 2 heterocycles. The van der Waals surface area contributed by atoms with Gasteiger partial charge in [-0.3, -0.25) is 5.32 Å². The van der Waals surface area contributed by atoms with Gasteiger partial charge in [0.15, 0.2) is 5.69 Å². The molecular formula is C14H17FN3OS+. The van der Waals surface area contributed by atoms with Crippen molar-refractivity contribution in [3.63, 3.8) is 0 Å². The normalized spacial score (nSPS) is 17.0. The lowest BCUT2D eigenvalue weighted by molar-refractivity contribution is -0.744. The number of aromatic amines is 1. The Kier molecular flexibility index (Phi) is 3.32. The van der Waals surface area contributed by atoms with Gasteiger partial charge in [-0.1, -0.05) is 0 Å². The Labute approximate surface area is 121 Å². The summed E-state index contributed by atoms with van der Waals surface area (Å²) in [4.78, 5) is 3.38. The topological polar surface area (TPSA) is 51.9 Å². The van der Waals surface area contributed by atoms with Crippen molar-refractivity contribution in [1.82, 2.24) is 10.3 Å². The third kappa shape index (κ3) is 2.13. The van der Waals surface area contributed by atoms with Crippen LogP contribution in [0.4, 0.5) is 4.39 Å². The number of hydrogen-bond donors (Lipinski definition) is 3. The number of nitrogens with one attached hydrogen (secondary N) is 2. The standard InChI is InChI=1S/C14H16FN3OS/c1-14(2)13-17-11(9-3-5-10(15)6-4-9)12(20-19)18(13)8-7-16-14/h3-6,16,19H,7-8H2,1-2H3/p+1. The molecule has 0 aliphatic carbocycles. The smallest absolute Gasteiger partial charge is 0.275 e. The number of halogens is 1. The van der Waals surface area contributed by atoms with Gasteiger partial charge >= 0.3 is 0 Å². The lowest BCUT2D eigenvalue weighted by atomic mass is 10.0. The zero-order valence-corrected chi connectivity index (χ0v) is 12.2. The molecule has 0 amide bonds. The van der Waals surface area contributed by atoms with Gasteiger partial charge in [0.2, 0.25) is 5.03 Å². The van der Waals surface area contributed by atoms with Gasteiger partial charge in [-0.2, -0.15) is 0 Å². The Morgan fingerprint density at radius 2 is 2.00 bits per heavy atom. The van der Waals surface area contributed by atoms with E-state index in [2.05, 4.69) is 28.7 Å². The van der Waals surface area contributed by atoms with Crippen molar-refractivity contribution in [1.29, 1.82) is 0 Å². The minimum Gasteiger partial charge on any atom is -0.323 e. The number of H-pyrrole nitrogens is 1. The fourth-order valence-electron chi connectivity index (χ4n) is 2.65. The summed E-state index contributed by atoms with van der Waals surface area (Å²) in [6.07, 6.45) is 0. The second-order valence-electron chi connectivity index (χ2n) is 5.46. The number of hydrogen-bond acceptors (Lipinski definition) is 3. The highest BCUT2D eigenvalue weighted by molar-refractivity contribution is 7.93. The number of nitrogens with zero attached hydrogens (tertiary/aromatic N) is 1. The maximum Gasteiger partial charge on any atom is 0.275 e. The molecule has 1 aromatic carbocycles. The first-order chi connectivity index (χ1) is 9.53. The van der Waals surface area contributed by atoms with E-state index in [1.165, 1.54) is 12.1 Å². The van der Waals surface area contributed by atoms with E-state index >= 15 is 0 Å². The number of fused-ring (bicyclic) bond motifs is 1. The average Bonchev–Trinajstić information content (AvgIpc) is 2.79. The first-order valence-corrected chi connectivity index (χ1v) is 7.29. The molecule has 3 rings (SSSR count). The van der Waals surface area contributed by atoms with Gasteiger partial charge in [0.05, 0.1) is 12.0 Å². The number of rotatable bonds is 2. The molecule has 0 bridgehead atoms. The van der Waals surface area contributed by atoms with Crippen LogP contribution in [0.15, 0.2) is 29.3 Å². The van der Waals surface area contributed by atoms with Crippen molar-refractivity contribution >= 4 is 12.0 Å². The molecule has 3 N–H and O–H groups in total. The molecule has 0 unspecified atom stereocenters. The Morgan fingerprint density at radius 3 is 2.65 bits per heavy atom. The van der Waals surface area contributed by atoms with Crippen molar-refractivity contribution in [3.8, 4) is 11.3 Å². The summed E-state index contributed by atoms with van der Waals surface area (Å²) < 4.78 is 24.8. The highest BCUT2D eigenvalue weighted by Crippen LogP contribution is 2.30. The van der Waals surface area contributed by atoms with E-state index in [4.69, 9.17) is 0 Å². The van der Waals surface area contributed by atoms with Crippen molar-refractivity contribution in [2.75, 3.05) is 6.54 Å². The van der Waals surface area contributed by atoms with E-state index in [0.717, 1.165) is 47.2 Å². The molecule has 0 atom stereocenters. The van der Waals surface area contributed by atoms with Crippen LogP contribution < -0.4 is 9.88 Å². The van der Waals surface area contributed by atoms with Crippen LogP contribution in [-0.4, -0.2) is 16.1 Å². The van der Waals surface area contributed by atoms with E-state index in [1.54, 1.807) is 12.1 Å². The molecule has 0 saturated heterocycles. The van der Waals surface area contributed by atoms with E-state index < -0.39 is 0 Å². The third-order valence-corrected chi connectivity index (χ3v) is 4.28. The first kappa shape index (κ1) is 13.6. The van der Waals surface area contributed by atoms with Crippen molar-refractivity contribution < 1.29 is 13.5 Å². The van der Waals surface area contributed by atoms with Crippen LogP contribution in [0.25, 0.3) is 11.3 Å². The molecule has 0 saturated carbocycles. The second-order valence-corrected chi connectivity index (χ2v) is 6.02. The molecule has 0 radical (unpaired) electrons. The minimum atomic E-state index is -0.266. The molecule has 0 spiro atoms. The van der Waals surface area contributed by atoms with Gasteiger partial charge in [0, 0.05) is 12.1 Å². The summed E-state index contributed by atoms with van der Waals surface area (Å²) in [7, 11) is 0. The highest BCUT2D eigenvalue weighted by atomic mass is 32.2. The van der Waals surface area contributed by atoms with Crippen LogP contribution >= 0.6 is 12.0 Å². The number of benzene rings is 1. The molecule has 6 heteroatoms. The van der Waals surface area contributed by atoms with Gasteiger partial charge in [0.1, 0.15) is 17.9 Å². The fourth-order valence-corrected chi connectivity index (χ4v) is 3.20. The van der Waals surface area contributed by atoms with Gasteiger partial charge in [-0.05, 0) is 38.1 Å². The van der Waals surface area contributed by atoms with Crippen LogP contribution in [0.5, 0.6) is 0 Å². The molecule has 0 fully saturated rings. The summed E-state index contributed by atoms with van der Waals surface area (Å²) in [5, 5.41) is 4.20. The van der Waals surface area contributed by atoms with Crippen LogP contribution in [-0.2, 0) is 12.1 Å². The Morgan fingerprint density at radius 1 is 1.30 bits per heavy atom. The summed E-state index contributed by atoms with van der Waals surface area (Å²) in [5.74, 6) is 0.748. The molecular weight excluding hydrogens is 277 g/mol. The maximum atomic E-state index is 13.1. The molecule has 20 heavy (non-hydrogen) atoms. The summed E-state index contributed by atoms with van der Waals surface area (Å²) in [6.45, 7) is 5.82. The monoisotopic (exact) mass is 294 g/mol. The Hall–Kier alpha value is -1.37. The summed E-state index contributed by atoms with van der Waals surface area (Å²) >= 11 is 0.727. The molecule has 2 aromatic rings. The molecule has 1 aliphatic heterocycles. The SMILES string of the molecule is CC1(C)NCC[n+]2c1[nH]c(-c1ccc(F)cc1)c2SO. The minimum absolute atomic E-state index is 0.193. The third-order valence-electron chi connectivity index (χ3n) is 3.69.